The zero-order chi connectivity index (χ0) is 18.6. The molecule has 0 aliphatic heterocycles. The van der Waals surface area contributed by atoms with E-state index in [1.165, 1.54) is 6.92 Å². The summed E-state index contributed by atoms with van der Waals surface area (Å²) in [6.07, 6.45) is 1.00. The summed E-state index contributed by atoms with van der Waals surface area (Å²) >= 11 is 1.15. The first-order valence-corrected chi connectivity index (χ1v) is 7.92. The zero-order valence-electron chi connectivity index (χ0n) is 13.2. The summed E-state index contributed by atoms with van der Waals surface area (Å²) in [5.41, 5.74) is -0.593. The average molecular weight is 370 g/mol. The largest absolute Gasteiger partial charge is 0.462 e. The number of Topliss-reactive ketones (excluding diaryl/α,β-unsaturated/α-hetero) is 1. The van der Waals surface area contributed by atoms with Crippen LogP contribution in [0, 0.1) is 24.4 Å². The molecule has 0 aliphatic rings. The van der Waals surface area contributed by atoms with Crippen molar-refractivity contribution in [2.45, 2.75) is 13.8 Å². The van der Waals surface area contributed by atoms with E-state index in [9.17, 15) is 22.8 Å². The number of benzene rings is 1. The number of carbonyl (C=O) groups excluding carboxylic acids is 2. The Hall–Kier alpha value is -2.68. The smallest absolute Gasteiger partial charge is 0.343 e. The molecule has 0 saturated heterocycles. The predicted octanol–water partition coefficient (Wildman–Crippen LogP) is 3.61. The van der Waals surface area contributed by atoms with Gasteiger partial charge in [0.1, 0.15) is 17.2 Å². The van der Waals surface area contributed by atoms with E-state index < -0.39 is 40.3 Å². The van der Waals surface area contributed by atoms with Crippen molar-refractivity contribution in [1.82, 2.24) is 4.37 Å². The molecule has 9 heteroatoms. The number of hydrogen-bond acceptors (Lipinski definition) is 6. The molecule has 0 spiro atoms. The highest BCUT2D eigenvalue weighted by molar-refractivity contribution is 7.04. The average Bonchev–Trinajstić information content (AvgIpc) is 2.96. The second-order valence-electron chi connectivity index (χ2n) is 4.84. The Balaban J connectivity index is 2.41. The number of aryl methyl sites for hydroxylation is 1. The fourth-order valence-corrected chi connectivity index (χ4v) is 2.46. The van der Waals surface area contributed by atoms with Crippen molar-refractivity contribution in [3.05, 3.63) is 57.9 Å². The topological polar surface area (TPSA) is 68.3 Å². The lowest BCUT2D eigenvalue weighted by molar-refractivity contribution is -0.138. The molecular formula is C16H13F3N2O3S. The van der Waals surface area contributed by atoms with Crippen LogP contribution in [0.3, 0.4) is 0 Å². The van der Waals surface area contributed by atoms with Crippen LogP contribution in [-0.4, -0.2) is 22.7 Å². The fourth-order valence-electron chi connectivity index (χ4n) is 1.83. The minimum Gasteiger partial charge on any atom is -0.462 e. The van der Waals surface area contributed by atoms with E-state index in [0.29, 0.717) is 11.9 Å². The van der Waals surface area contributed by atoms with Gasteiger partial charge in [-0.3, -0.25) is 4.79 Å². The van der Waals surface area contributed by atoms with Crippen LogP contribution in [0.1, 0.15) is 22.8 Å². The number of nitrogens with one attached hydrogen (secondary N) is 1. The van der Waals surface area contributed by atoms with Gasteiger partial charge in [0.15, 0.2) is 11.6 Å². The molecule has 0 fully saturated rings. The van der Waals surface area contributed by atoms with Gasteiger partial charge in [-0.2, -0.15) is 4.37 Å². The number of nitrogens with zero attached hydrogens (tertiary/aromatic N) is 1. The van der Waals surface area contributed by atoms with Crippen LogP contribution in [0.4, 0.5) is 19.0 Å². The van der Waals surface area contributed by atoms with Gasteiger partial charge in [0.2, 0.25) is 5.78 Å². The molecule has 0 atom stereocenters. The Morgan fingerprint density at radius 1 is 1.24 bits per heavy atom. The number of esters is 1. The van der Waals surface area contributed by atoms with Gasteiger partial charge in [-0.1, -0.05) is 0 Å². The van der Waals surface area contributed by atoms with Gasteiger partial charge < -0.3 is 10.1 Å². The number of carbonyl (C=O) groups is 2. The van der Waals surface area contributed by atoms with Crippen LogP contribution in [0.2, 0.25) is 0 Å². The zero-order valence-corrected chi connectivity index (χ0v) is 14.0. The summed E-state index contributed by atoms with van der Waals surface area (Å²) < 4.78 is 49.0. The lowest BCUT2D eigenvalue weighted by atomic mass is 10.0. The van der Waals surface area contributed by atoms with Crippen molar-refractivity contribution < 1.29 is 27.5 Å². The SMILES string of the molecule is CCOC(=O)C(=CNc1nscc1C)C(=O)c1cc(F)c(F)cc1F. The van der Waals surface area contributed by atoms with E-state index in [-0.39, 0.29) is 12.7 Å². The van der Waals surface area contributed by atoms with Gasteiger partial charge >= 0.3 is 5.97 Å². The van der Waals surface area contributed by atoms with E-state index in [2.05, 4.69) is 9.69 Å². The van der Waals surface area contributed by atoms with Crippen LogP contribution in [0.5, 0.6) is 0 Å². The standard InChI is InChI=1S/C16H13F3N2O3S/c1-3-24-16(23)10(6-20-15-8(2)7-25-21-15)14(22)9-4-12(18)13(19)5-11(9)17/h4-7H,3H2,1-2H3,(H,20,21). The first kappa shape index (κ1) is 18.7. The molecule has 1 N–H and O–H groups in total. The lowest BCUT2D eigenvalue weighted by Gasteiger charge is -2.08. The summed E-state index contributed by atoms with van der Waals surface area (Å²) in [6, 6.07) is 0.636. The summed E-state index contributed by atoms with van der Waals surface area (Å²) in [5, 5.41) is 4.39. The molecule has 0 aliphatic carbocycles. The monoisotopic (exact) mass is 370 g/mol. The fraction of sp³-hybridized carbons (Fsp3) is 0.188. The number of aromatic nitrogens is 1. The van der Waals surface area contributed by atoms with Crippen LogP contribution < -0.4 is 5.32 Å². The maximum absolute atomic E-state index is 13.8. The van der Waals surface area contributed by atoms with Gasteiger partial charge in [-0.25, -0.2) is 18.0 Å². The Kier molecular flexibility index (Phi) is 5.92. The molecule has 1 aromatic heterocycles. The van der Waals surface area contributed by atoms with Gasteiger partial charge in [-0.15, -0.1) is 0 Å². The molecule has 5 nitrogen and oxygen atoms in total. The summed E-state index contributed by atoms with van der Waals surface area (Å²) in [7, 11) is 0. The van der Waals surface area contributed by atoms with Crippen molar-refractivity contribution in [3.8, 4) is 0 Å². The van der Waals surface area contributed by atoms with E-state index in [0.717, 1.165) is 23.3 Å². The summed E-state index contributed by atoms with van der Waals surface area (Å²) in [4.78, 5) is 24.4. The van der Waals surface area contributed by atoms with Gasteiger partial charge in [0.05, 0.1) is 12.2 Å². The molecule has 1 aromatic carbocycles. The molecule has 25 heavy (non-hydrogen) atoms. The minimum atomic E-state index is -1.44. The Morgan fingerprint density at radius 2 is 1.92 bits per heavy atom. The highest BCUT2D eigenvalue weighted by Gasteiger charge is 2.25. The predicted molar refractivity (Wildman–Crippen MR) is 85.8 cm³/mol. The van der Waals surface area contributed by atoms with Gasteiger partial charge in [0.25, 0.3) is 0 Å². The van der Waals surface area contributed by atoms with Crippen LogP contribution >= 0.6 is 11.5 Å². The molecule has 0 bridgehead atoms. The molecule has 2 aromatic rings. The third kappa shape index (κ3) is 4.24. The maximum atomic E-state index is 13.8. The molecular weight excluding hydrogens is 357 g/mol. The summed E-state index contributed by atoms with van der Waals surface area (Å²) in [5.74, 6) is -5.91. The molecule has 2 rings (SSSR count). The lowest BCUT2D eigenvalue weighted by Crippen LogP contribution is -2.19. The highest BCUT2D eigenvalue weighted by Crippen LogP contribution is 2.19. The molecule has 0 unspecified atom stereocenters. The molecule has 0 saturated carbocycles. The van der Waals surface area contributed by atoms with Crippen molar-refractivity contribution >= 4 is 29.1 Å². The number of ether oxygens (including phenoxy) is 1. The molecule has 0 amide bonds. The van der Waals surface area contributed by atoms with Crippen LogP contribution in [0.15, 0.2) is 29.3 Å². The van der Waals surface area contributed by atoms with E-state index >= 15 is 0 Å². The van der Waals surface area contributed by atoms with E-state index in [1.807, 2.05) is 0 Å². The number of ketones is 1. The third-order valence-electron chi connectivity index (χ3n) is 3.09. The van der Waals surface area contributed by atoms with Crippen molar-refractivity contribution in [1.29, 1.82) is 0 Å². The molecule has 0 radical (unpaired) electrons. The second kappa shape index (κ2) is 7.93. The van der Waals surface area contributed by atoms with E-state index in [4.69, 9.17) is 4.74 Å². The first-order chi connectivity index (χ1) is 11.8. The quantitative estimate of drug-likeness (QED) is 0.210. The number of hydrogen-bond donors (Lipinski definition) is 1. The van der Waals surface area contributed by atoms with Crippen molar-refractivity contribution in [2.75, 3.05) is 11.9 Å². The Morgan fingerprint density at radius 3 is 2.52 bits per heavy atom. The highest BCUT2D eigenvalue weighted by atomic mass is 32.1. The van der Waals surface area contributed by atoms with Crippen molar-refractivity contribution in [2.24, 2.45) is 0 Å². The molecule has 1 heterocycles. The second-order valence-corrected chi connectivity index (χ2v) is 5.47. The minimum absolute atomic E-state index is 0.0283. The van der Waals surface area contributed by atoms with Crippen molar-refractivity contribution in [3.63, 3.8) is 0 Å². The summed E-state index contributed by atoms with van der Waals surface area (Å²) in [6.45, 7) is 3.25. The Bertz CT molecular complexity index is 849. The Labute approximate surface area is 145 Å². The maximum Gasteiger partial charge on any atom is 0.343 e. The van der Waals surface area contributed by atoms with Gasteiger partial charge in [-0.05, 0) is 31.4 Å². The number of anilines is 1. The van der Waals surface area contributed by atoms with E-state index in [1.54, 1.807) is 12.3 Å². The first-order valence-electron chi connectivity index (χ1n) is 7.09. The van der Waals surface area contributed by atoms with Gasteiger partial charge in [0, 0.05) is 23.2 Å². The number of rotatable bonds is 6. The normalized spacial score (nSPS) is 11.3. The molecule has 132 valence electrons. The van der Waals surface area contributed by atoms with Crippen LogP contribution in [0.25, 0.3) is 0 Å². The number of halogens is 3. The third-order valence-corrected chi connectivity index (χ3v) is 3.84. The van der Waals surface area contributed by atoms with Crippen LogP contribution in [-0.2, 0) is 9.53 Å².